The van der Waals surface area contributed by atoms with Gasteiger partial charge in [-0.05, 0) is 12.1 Å². The van der Waals surface area contributed by atoms with Gasteiger partial charge in [-0.25, -0.2) is 9.59 Å². The Morgan fingerprint density at radius 1 is 0.938 bits per heavy atom. The van der Waals surface area contributed by atoms with Gasteiger partial charge in [0.05, 0.1) is 10.0 Å². The van der Waals surface area contributed by atoms with Crippen molar-refractivity contribution >= 4 is 35.1 Å². The molecule has 0 bridgehead atoms. The zero-order valence-corrected chi connectivity index (χ0v) is 9.44. The lowest BCUT2D eigenvalue weighted by atomic mass is 10.4. The number of carboxylic acid groups (broad SMARTS) is 2. The van der Waals surface area contributed by atoms with Crippen LogP contribution in [0.15, 0.2) is 24.3 Å². The maximum Gasteiger partial charge on any atom is 0.414 e. The molecule has 0 saturated carbocycles. The summed E-state index contributed by atoms with van der Waals surface area (Å²) >= 11 is 11.2. The predicted octanol–water partition coefficient (Wildman–Crippen LogP) is 0.968. The van der Waals surface area contributed by atoms with E-state index in [1.807, 2.05) is 12.1 Å². The molecule has 0 fully saturated rings. The summed E-state index contributed by atoms with van der Waals surface area (Å²) in [6.07, 6.45) is 0. The fourth-order valence-electron chi connectivity index (χ4n) is 0.439. The minimum absolute atomic E-state index is 0.606. The maximum atomic E-state index is 9.10. The van der Waals surface area contributed by atoms with Crippen LogP contribution >= 0.6 is 23.2 Å². The van der Waals surface area contributed by atoms with Crippen molar-refractivity contribution in [1.82, 2.24) is 0 Å². The van der Waals surface area contributed by atoms with Crippen molar-refractivity contribution in [3.63, 3.8) is 0 Å². The molecular weight excluding hydrogens is 259 g/mol. The average molecular weight is 269 g/mol. The first kappa shape index (κ1) is 17.1. The van der Waals surface area contributed by atoms with Crippen LogP contribution in [0.3, 0.4) is 0 Å². The molecule has 0 aromatic heterocycles. The van der Waals surface area contributed by atoms with Crippen molar-refractivity contribution in [2.24, 2.45) is 11.7 Å². The number of hydrazine groups is 1. The lowest BCUT2D eigenvalue weighted by Gasteiger charge is -1.88. The van der Waals surface area contributed by atoms with E-state index in [4.69, 9.17) is 43.0 Å². The number of halogens is 2. The third-order valence-corrected chi connectivity index (χ3v) is 1.76. The Labute approximate surface area is 101 Å². The third kappa shape index (κ3) is 9.22. The van der Waals surface area contributed by atoms with Gasteiger partial charge in [0.2, 0.25) is 0 Å². The van der Waals surface area contributed by atoms with E-state index in [0.717, 1.165) is 0 Å². The molecule has 0 radical (unpaired) electrons. The van der Waals surface area contributed by atoms with Crippen LogP contribution in [0.5, 0.6) is 0 Å². The first-order chi connectivity index (χ1) is 7.45. The van der Waals surface area contributed by atoms with Gasteiger partial charge in [0.25, 0.3) is 0 Å². The molecule has 0 aliphatic heterocycles. The minimum atomic E-state index is -1.82. The highest BCUT2D eigenvalue weighted by Gasteiger charge is 2.04. The van der Waals surface area contributed by atoms with Crippen LogP contribution in [-0.2, 0) is 9.59 Å². The van der Waals surface area contributed by atoms with Crippen LogP contribution in [0.1, 0.15) is 0 Å². The molecule has 0 aliphatic carbocycles. The van der Waals surface area contributed by atoms with Crippen LogP contribution in [-0.4, -0.2) is 22.2 Å². The van der Waals surface area contributed by atoms with Crippen LogP contribution in [0.2, 0.25) is 10.0 Å². The van der Waals surface area contributed by atoms with E-state index in [1.54, 1.807) is 12.1 Å². The maximum absolute atomic E-state index is 9.10. The molecule has 0 unspecified atom stereocenters. The number of hydrogen-bond acceptors (Lipinski definition) is 4. The molecule has 6 N–H and O–H groups in total. The van der Waals surface area contributed by atoms with Gasteiger partial charge in [0.1, 0.15) is 0 Å². The summed E-state index contributed by atoms with van der Waals surface area (Å²) in [5.41, 5.74) is 0. The second kappa shape index (κ2) is 10.2. The van der Waals surface area contributed by atoms with Crippen molar-refractivity contribution in [2.45, 2.75) is 0 Å². The number of carbonyl (C=O) groups is 2. The molecule has 0 heterocycles. The Kier molecular flexibility index (Phi) is 10.9. The molecule has 0 aliphatic rings. The predicted molar refractivity (Wildman–Crippen MR) is 60.1 cm³/mol. The zero-order chi connectivity index (χ0) is 13.1. The summed E-state index contributed by atoms with van der Waals surface area (Å²) in [5.74, 6) is 4.35. The van der Waals surface area contributed by atoms with E-state index in [0.29, 0.717) is 10.0 Å². The Morgan fingerprint density at radius 3 is 1.31 bits per heavy atom. The van der Waals surface area contributed by atoms with Crippen molar-refractivity contribution < 1.29 is 19.8 Å². The highest BCUT2D eigenvalue weighted by Crippen LogP contribution is 2.19. The lowest BCUT2D eigenvalue weighted by molar-refractivity contribution is -0.159. The first-order valence-electron chi connectivity index (χ1n) is 3.64. The molecule has 1 aromatic carbocycles. The van der Waals surface area contributed by atoms with Crippen molar-refractivity contribution in [1.29, 1.82) is 0 Å². The quantitative estimate of drug-likeness (QED) is 0.315. The van der Waals surface area contributed by atoms with E-state index < -0.39 is 11.9 Å². The van der Waals surface area contributed by atoms with Gasteiger partial charge in [0, 0.05) is 0 Å². The minimum Gasteiger partial charge on any atom is -0.473 e. The van der Waals surface area contributed by atoms with E-state index in [2.05, 4.69) is 11.7 Å². The van der Waals surface area contributed by atoms with Gasteiger partial charge in [-0.15, -0.1) is 0 Å². The second-order valence-electron chi connectivity index (χ2n) is 2.02. The van der Waals surface area contributed by atoms with Gasteiger partial charge >= 0.3 is 11.9 Å². The summed E-state index contributed by atoms with van der Waals surface area (Å²) < 4.78 is 0. The Hall–Kier alpha value is -1.34. The highest BCUT2D eigenvalue weighted by atomic mass is 35.5. The Bertz CT molecular complexity index is 314. The smallest absolute Gasteiger partial charge is 0.414 e. The highest BCUT2D eigenvalue weighted by molar-refractivity contribution is 6.41. The number of aliphatic carboxylic acids is 2. The van der Waals surface area contributed by atoms with Gasteiger partial charge in [-0.3, -0.25) is 11.7 Å². The summed E-state index contributed by atoms with van der Waals surface area (Å²) in [5, 5.41) is 16.0. The van der Waals surface area contributed by atoms with Crippen molar-refractivity contribution in [3.8, 4) is 0 Å². The average Bonchev–Trinajstić information content (AvgIpc) is 2.26. The Morgan fingerprint density at radius 2 is 1.19 bits per heavy atom. The lowest BCUT2D eigenvalue weighted by Crippen LogP contribution is -2.09. The van der Waals surface area contributed by atoms with Gasteiger partial charge in [0.15, 0.2) is 0 Å². The SMILES string of the molecule is Clc1ccccc1Cl.NN.O=C(O)C(=O)O. The fourth-order valence-corrected chi connectivity index (χ4v) is 0.711. The number of hydrogen-bond donors (Lipinski definition) is 4. The first-order valence-corrected chi connectivity index (χ1v) is 4.40. The monoisotopic (exact) mass is 268 g/mol. The molecule has 90 valence electrons. The van der Waals surface area contributed by atoms with Crippen LogP contribution < -0.4 is 11.7 Å². The number of nitrogens with two attached hydrogens (primary N) is 2. The molecule has 0 spiro atoms. The van der Waals surface area contributed by atoms with Crippen LogP contribution in [0, 0.1) is 0 Å². The summed E-state index contributed by atoms with van der Waals surface area (Å²) in [7, 11) is 0. The van der Waals surface area contributed by atoms with Crippen LogP contribution in [0.4, 0.5) is 0 Å². The van der Waals surface area contributed by atoms with Gasteiger partial charge < -0.3 is 10.2 Å². The summed E-state index contributed by atoms with van der Waals surface area (Å²) in [6.45, 7) is 0. The molecule has 0 saturated heterocycles. The molecule has 0 amide bonds. The number of benzene rings is 1. The molecule has 1 aromatic rings. The summed E-state index contributed by atoms with van der Waals surface area (Å²) in [4.78, 5) is 18.2. The molecular formula is C8H10Cl2N2O4. The van der Waals surface area contributed by atoms with E-state index in [1.165, 1.54) is 0 Å². The standard InChI is InChI=1S/C6H4Cl2.C2H2O4.H4N2/c7-5-3-1-2-4-6(5)8;3-1(4)2(5)6;1-2/h1-4H;(H,3,4)(H,5,6);1-2H2. The zero-order valence-electron chi connectivity index (χ0n) is 7.93. The molecule has 0 atom stereocenters. The second-order valence-corrected chi connectivity index (χ2v) is 2.84. The van der Waals surface area contributed by atoms with Crippen molar-refractivity contribution in [2.75, 3.05) is 0 Å². The normalized spacial score (nSPS) is 7.75. The molecule has 8 heteroatoms. The Balaban J connectivity index is 0. The molecule has 1 rings (SSSR count). The van der Waals surface area contributed by atoms with E-state index >= 15 is 0 Å². The van der Waals surface area contributed by atoms with E-state index in [9.17, 15) is 0 Å². The topological polar surface area (TPSA) is 127 Å². The molecule has 6 nitrogen and oxygen atoms in total. The van der Waals surface area contributed by atoms with Gasteiger partial charge in [-0.1, -0.05) is 35.3 Å². The van der Waals surface area contributed by atoms with Gasteiger partial charge in [-0.2, -0.15) is 0 Å². The fraction of sp³-hybridized carbons (Fsp3) is 0. The molecule has 16 heavy (non-hydrogen) atoms. The van der Waals surface area contributed by atoms with E-state index in [-0.39, 0.29) is 0 Å². The van der Waals surface area contributed by atoms with Crippen LogP contribution in [0.25, 0.3) is 0 Å². The number of carboxylic acids is 2. The largest absolute Gasteiger partial charge is 0.473 e. The third-order valence-electron chi connectivity index (χ3n) is 1.01. The summed E-state index contributed by atoms with van der Waals surface area (Å²) in [6, 6.07) is 7.19. The van der Waals surface area contributed by atoms with Crippen molar-refractivity contribution in [3.05, 3.63) is 34.3 Å². The number of rotatable bonds is 0.